The highest BCUT2D eigenvalue weighted by atomic mass is 19.1. The van der Waals surface area contributed by atoms with Crippen molar-refractivity contribution in [3.05, 3.63) is 47.8 Å². The van der Waals surface area contributed by atoms with Gasteiger partial charge in [0.15, 0.2) is 0 Å². The fourth-order valence-corrected chi connectivity index (χ4v) is 2.73. The largest absolute Gasteiger partial charge is 0.331 e. The molecule has 1 aromatic rings. The van der Waals surface area contributed by atoms with Crippen LogP contribution in [0.4, 0.5) is 9.18 Å². The number of imide groups is 2. The third-order valence-corrected chi connectivity index (χ3v) is 3.73. The number of urea groups is 1. The van der Waals surface area contributed by atoms with E-state index in [2.05, 4.69) is 5.32 Å². The highest BCUT2D eigenvalue weighted by molar-refractivity contribution is 6.19. The first-order valence-electron chi connectivity index (χ1n) is 6.66. The topological polar surface area (TPSA) is 66.5 Å². The van der Waals surface area contributed by atoms with Crippen molar-refractivity contribution < 1.29 is 18.8 Å². The Morgan fingerprint density at radius 1 is 1.14 bits per heavy atom. The highest BCUT2D eigenvalue weighted by Gasteiger charge is 2.44. The van der Waals surface area contributed by atoms with Gasteiger partial charge in [0, 0.05) is 6.04 Å². The Bertz CT molecular complexity index is 648. The van der Waals surface area contributed by atoms with E-state index in [0.717, 1.165) is 11.0 Å². The number of nitrogens with one attached hydrogen (secondary N) is 1. The van der Waals surface area contributed by atoms with Crippen LogP contribution in [-0.2, 0) is 9.59 Å². The molecule has 21 heavy (non-hydrogen) atoms. The third-order valence-electron chi connectivity index (χ3n) is 3.73. The Labute approximate surface area is 120 Å². The summed E-state index contributed by atoms with van der Waals surface area (Å²) < 4.78 is 13.3. The van der Waals surface area contributed by atoms with Crippen LogP contribution in [0.15, 0.2) is 36.4 Å². The summed E-state index contributed by atoms with van der Waals surface area (Å²) in [6, 6.07) is 4.34. The van der Waals surface area contributed by atoms with E-state index in [0.29, 0.717) is 12.8 Å². The molecule has 5 nitrogen and oxygen atoms in total. The van der Waals surface area contributed by atoms with Gasteiger partial charge < -0.3 is 0 Å². The number of rotatable bonds is 2. The third kappa shape index (κ3) is 2.33. The van der Waals surface area contributed by atoms with Crippen LogP contribution >= 0.6 is 0 Å². The van der Waals surface area contributed by atoms with Crippen LogP contribution in [0.25, 0.3) is 0 Å². The number of nitrogens with zero attached hydrogens (tertiary/aromatic N) is 1. The van der Waals surface area contributed by atoms with Gasteiger partial charge in [0.1, 0.15) is 11.7 Å². The molecule has 1 N–H and O–H groups in total. The minimum absolute atomic E-state index is 0.251. The second-order valence-corrected chi connectivity index (χ2v) is 5.09. The fraction of sp³-hybridized carbons (Fsp3) is 0.267. The molecule has 1 aromatic carbocycles. The van der Waals surface area contributed by atoms with E-state index in [9.17, 15) is 18.8 Å². The minimum Gasteiger partial charge on any atom is -0.277 e. The lowest BCUT2D eigenvalue weighted by atomic mass is 9.94. The molecular formula is C15H13FN2O3. The molecule has 0 radical (unpaired) electrons. The van der Waals surface area contributed by atoms with Gasteiger partial charge in [-0.2, -0.15) is 0 Å². The summed E-state index contributed by atoms with van der Waals surface area (Å²) in [7, 11) is 0. The first kappa shape index (κ1) is 13.5. The molecule has 1 fully saturated rings. The van der Waals surface area contributed by atoms with E-state index in [1.165, 1.54) is 18.2 Å². The van der Waals surface area contributed by atoms with E-state index in [4.69, 9.17) is 0 Å². The molecule has 0 bridgehead atoms. The number of hydrogen-bond donors (Lipinski definition) is 1. The number of carbonyl (C=O) groups is 3. The Balaban J connectivity index is 1.94. The lowest BCUT2D eigenvalue weighted by Crippen LogP contribution is -2.59. The van der Waals surface area contributed by atoms with Crippen molar-refractivity contribution in [1.82, 2.24) is 10.2 Å². The van der Waals surface area contributed by atoms with Crippen molar-refractivity contribution in [2.75, 3.05) is 0 Å². The first-order valence-corrected chi connectivity index (χ1v) is 6.66. The lowest BCUT2D eigenvalue weighted by Gasteiger charge is -2.34. The summed E-state index contributed by atoms with van der Waals surface area (Å²) in [4.78, 5) is 37.5. The Kier molecular flexibility index (Phi) is 3.29. The molecule has 1 atom stereocenters. The lowest BCUT2D eigenvalue weighted by molar-refractivity contribution is -0.140. The molecular weight excluding hydrogens is 275 g/mol. The predicted molar refractivity (Wildman–Crippen MR) is 71.7 cm³/mol. The number of hydrogen-bond acceptors (Lipinski definition) is 3. The minimum atomic E-state index is -1.18. The second kappa shape index (κ2) is 5.12. The molecule has 0 saturated carbocycles. The van der Waals surface area contributed by atoms with Crippen LogP contribution in [0.1, 0.15) is 24.3 Å². The predicted octanol–water partition coefficient (Wildman–Crippen LogP) is 1.71. The van der Waals surface area contributed by atoms with E-state index in [1.54, 1.807) is 0 Å². The van der Waals surface area contributed by atoms with Crippen molar-refractivity contribution in [3.63, 3.8) is 0 Å². The van der Waals surface area contributed by atoms with Gasteiger partial charge >= 0.3 is 6.03 Å². The van der Waals surface area contributed by atoms with Gasteiger partial charge in [0.25, 0.3) is 0 Å². The van der Waals surface area contributed by atoms with E-state index in [1.807, 2.05) is 12.2 Å². The first-order chi connectivity index (χ1) is 10.1. The summed E-state index contributed by atoms with van der Waals surface area (Å²) in [5.41, 5.74) is 0.251. The number of halogens is 1. The Morgan fingerprint density at radius 3 is 2.52 bits per heavy atom. The van der Waals surface area contributed by atoms with Gasteiger partial charge in [0.2, 0.25) is 11.8 Å². The SMILES string of the molecule is O=C1NC(=O)N(C2CC=CC2)C(=O)C1c1cccc(F)c1. The molecule has 6 heteroatoms. The average Bonchev–Trinajstić information content (AvgIpc) is 2.92. The summed E-state index contributed by atoms with van der Waals surface area (Å²) >= 11 is 0. The van der Waals surface area contributed by atoms with E-state index >= 15 is 0 Å². The number of benzene rings is 1. The second-order valence-electron chi connectivity index (χ2n) is 5.09. The van der Waals surface area contributed by atoms with Crippen molar-refractivity contribution in [1.29, 1.82) is 0 Å². The number of carbonyl (C=O) groups excluding carboxylic acids is 3. The molecule has 3 rings (SSSR count). The van der Waals surface area contributed by atoms with Gasteiger partial charge in [-0.25, -0.2) is 9.18 Å². The fourth-order valence-electron chi connectivity index (χ4n) is 2.73. The number of barbiturate groups is 1. The summed E-state index contributed by atoms with van der Waals surface area (Å²) in [6.45, 7) is 0. The quantitative estimate of drug-likeness (QED) is 0.665. The van der Waals surface area contributed by atoms with Crippen molar-refractivity contribution in [2.24, 2.45) is 0 Å². The Hall–Kier alpha value is -2.50. The van der Waals surface area contributed by atoms with Crippen molar-refractivity contribution in [2.45, 2.75) is 24.8 Å². The standard InChI is InChI=1S/C15H13FN2O3/c16-10-5-3-4-9(8-10)12-13(19)17-15(21)18(14(12)20)11-6-1-2-7-11/h1-5,8,11-12H,6-7H2,(H,17,19,21). The zero-order valence-electron chi connectivity index (χ0n) is 11.1. The van der Waals surface area contributed by atoms with Gasteiger partial charge in [-0.1, -0.05) is 24.3 Å². The Morgan fingerprint density at radius 2 is 1.86 bits per heavy atom. The summed E-state index contributed by atoms with van der Waals surface area (Å²) in [5.74, 6) is -3.01. The molecule has 1 aliphatic heterocycles. The molecule has 1 aliphatic carbocycles. The van der Waals surface area contributed by atoms with Crippen LogP contribution in [0.2, 0.25) is 0 Å². The monoisotopic (exact) mass is 288 g/mol. The van der Waals surface area contributed by atoms with Gasteiger partial charge in [0.05, 0.1) is 0 Å². The highest BCUT2D eigenvalue weighted by Crippen LogP contribution is 2.27. The average molecular weight is 288 g/mol. The molecule has 2 aliphatic rings. The normalized spacial score (nSPS) is 22.8. The van der Waals surface area contributed by atoms with Crippen molar-refractivity contribution in [3.8, 4) is 0 Å². The zero-order chi connectivity index (χ0) is 15.0. The summed E-state index contributed by atoms with van der Waals surface area (Å²) in [6.07, 6.45) is 4.92. The molecule has 1 saturated heterocycles. The smallest absolute Gasteiger partial charge is 0.277 e. The van der Waals surface area contributed by atoms with Crippen LogP contribution in [0, 0.1) is 5.82 Å². The maximum absolute atomic E-state index is 13.3. The molecule has 1 heterocycles. The molecule has 1 unspecified atom stereocenters. The van der Waals surface area contributed by atoms with E-state index in [-0.39, 0.29) is 11.6 Å². The zero-order valence-corrected chi connectivity index (χ0v) is 11.1. The van der Waals surface area contributed by atoms with E-state index < -0.39 is 29.6 Å². The summed E-state index contributed by atoms with van der Waals surface area (Å²) in [5, 5.41) is 2.18. The number of amides is 4. The van der Waals surface area contributed by atoms with Crippen LogP contribution in [0.5, 0.6) is 0 Å². The molecule has 0 spiro atoms. The molecule has 0 aromatic heterocycles. The van der Waals surface area contributed by atoms with Crippen LogP contribution in [-0.4, -0.2) is 28.8 Å². The molecule has 108 valence electrons. The van der Waals surface area contributed by atoms with Gasteiger partial charge in [-0.3, -0.25) is 19.8 Å². The maximum atomic E-state index is 13.3. The van der Waals surface area contributed by atoms with Crippen LogP contribution < -0.4 is 5.32 Å². The van der Waals surface area contributed by atoms with Crippen molar-refractivity contribution >= 4 is 17.8 Å². The maximum Gasteiger partial charge on any atom is 0.331 e. The van der Waals surface area contributed by atoms with Crippen LogP contribution in [0.3, 0.4) is 0 Å². The van der Waals surface area contributed by atoms with Gasteiger partial charge in [-0.15, -0.1) is 0 Å². The molecule has 4 amide bonds. The van der Waals surface area contributed by atoms with Gasteiger partial charge in [-0.05, 0) is 30.5 Å².